The maximum atomic E-state index is 13.4. The molecule has 6 heteroatoms. The van der Waals surface area contributed by atoms with Crippen LogP contribution in [0.4, 0.5) is 11.4 Å². The van der Waals surface area contributed by atoms with E-state index in [4.69, 9.17) is 4.74 Å². The lowest BCUT2D eigenvalue weighted by atomic mass is 10.0. The number of thioether (sulfide) groups is 1. The van der Waals surface area contributed by atoms with Gasteiger partial charge in [0.15, 0.2) is 0 Å². The Morgan fingerprint density at radius 1 is 0.848 bits per heavy atom. The summed E-state index contributed by atoms with van der Waals surface area (Å²) in [7, 11) is 1.58. The standard InChI is InChI=1S/C27H26N2O3S/c1-17(2)19-7-9-20(10-8-19)28-24-25(33-23-15-5-18(3)6-16-23)27(31)29(26(24)30)21-11-13-22(32-4)14-12-21/h5-17,28H,1-4H3. The molecule has 0 fully saturated rings. The number of amides is 2. The molecule has 3 aromatic rings. The molecule has 0 aromatic heterocycles. The normalized spacial score (nSPS) is 13.8. The van der Waals surface area contributed by atoms with Crippen LogP contribution in [0.2, 0.25) is 0 Å². The molecular formula is C27H26N2O3S. The molecule has 168 valence electrons. The molecule has 0 spiro atoms. The van der Waals surface area contributed by atoms with Crippen molar-refractivity contribution < 1.29 is 14.3 Å². The Labute approximate surface area is 198 Å². The molecule has 0 radical (unpaired) electrons. The summed E-state index contributed by atoms with van der Waals surface area (Å²) in [6.45, 7) is 6.28. The number of aryl methyl sites for hydroxylation is 1. The van der Waals surface area contributed by atoms with E-state index in [1.165, 1.54) is 22.2 Å². The summed E-state index contributed by atoms with van der Waals surface area (Å²) in [5.74, 6) is 0.333. The Bertz CT molecular complexity index is 1200. The van der Waals surface area contributed by atoms with E-state index >= 15 is 0 Å². The highest BCUT2D eigenvalue weighted by molar-refractivity contribution is 8.04. The zero-order chi connectivity index (χ0) is 23.5. The van der Waals surface area contributed by atoms with Crippen molar-refractivity contribution in [3.63, 3.8) is 0 Å². The van der Waals surface area contributed by atoms with Crippen LogP contribution in [0.1, 0.15) is 30.9 Å². The van der Waals surface area contributed by atoms with Gasteiger partial charge >= 0.3 is 0 Å². The van der Waals surface area contributed by atoms with Crippen molar-refractivity contribution in [2.75, 3.05) is 17.3 Å². The Hall–Kier alpha value is -3.51. The molecule has 0 saturated heterocycles. The summed E-state index contributed by atoms with van der Waals surface area (Å²) < 4.78 is 5.21. The van der Waals surface area contributed by atoms with Gasteiger partial charge in [0, 0.05) is 10.6 Å². The molecule has 2 amide bonds. The number of hydrogen-bond donors (Lipinski definition) is 1. The van der Waals surface area contributed by atoms with Crippen molar-refractivity contribution in [1.82, 2.24) is 0 Å². The quantitative estimate of drug-likeness (QED) is 0.433. The maximum Gasteiger partial charge on any atom is 0.283 e. The average Bonchev–Trinajstić information content (AvgIpc) is 3.05. The minimum absolute atomic E-state index is 0.277. The molecule has 4 rings (SSSR count). The van der Waals surface area contributed by atoms with Crippen molar-refractivity contribution in [2.45, 2.75) is 31.6 Å². The number of imide groups is 1. The van der Waals surface area contributed by atoms with E-state index in [1.54, 1.807) is 31.4 Å². The predicted molar refractivity (Wildman–Crippen MR) is 134 cm³/mol. The van der Waals surface area contributed by atoms with Crippen molar-refractivity contribution in [3.8, 4) is 5.75 Å². The maximum absolute atomic E-state index is 13.4. The second-order valence-corrected chi connectivity index (χ2v) is 9.25. The molecule has 0 unspecified atom stereocenters. The lowest BCUT2D eigenvalue weighted by molar-refractivity contribution is -0.120. The second kappa shape index (κ2) is 9.55. The van der Waals surface area contributed by atoms with Crippen molar-refractivity contribution >= 4 is 35.0 Å². The molecule has 0 aliphatic carbocycles. The largest absolute Gasteiger partial charge is 0.497 e. The number of carbonyl (C=O) groups is 2. The molecule has 1 N–H and O–H groups in total. The first-order valence-corrected chi connectivity index (χ1v) is 11.6. The van der Waals surface area contributed by atoms with Gasteiger partial charge in [-0.25, -0.2) is 4.90 Å². The van der Waals surface area contributed by atoms with Crippen LogP contribution >= 0.6 is 11.8 Å². The number of carbonyl (C=O) groups excluding carboxylic acids is 2. The van der Waals surface area contributed by atoms with E-state index in [2.05, 4.69) is 19.2 Å². The topological polar surface area (TPSA) is 58.6 Å². The Kier molecular flexibility index (Phi) is 6.56. The van der Waals surface area contributed by atoms with Gasteiger partial charge in [-0.15, -0.1) is 0 Å². The van der Waals surface area contributed by atoms with Crippen LogP contribution < -0.4 is 15.0 Å². The smallest absolute Gasteiger partial charge is 0.283 e. The first-order chi connectivity index (χ1) is 15.9. The number of hydrogen-bond acceptors (Lipinski definition) is 5. The van der Waals surface area contributed by atoms with Gasteiger partial charge < -0.3 is 10.1 Å². The third-order valence-corrected chi connectivity index (χ3v) is 6.55. The van der Waals surface area contributed by atoms with Crippen LogP contribution in [0.15, 0.2) is 88.3 Å². The predicted octanol–water partition coefficient (Wildman–Crippen LogP) is 6.12. The van der Waals surface area contributed by atoms with Crippen molar-refractivity contribution in [1.29, 1.82) is 0 Å². The zero-order valence-corrected chi connectivity index (χ0v) is 19.9. The molecule has 33 heavy (non-hydrogen) atoms. The monoisotopic (exact) mass is 458 g/mol. The van der Waals surface area contributed by atoms with E-state index in [9.17, 15) is 9.59 Å². The van der Waals surface area contributed by atoms with E-state index in [-0.39, 0.29) is 17.5 Å². The third kappa shape index (κ3) is 4.81. The Morgan fingerprint density at radius 3 is 2.06 bits per heavy atom. The number of nitrogens with zero attached hydrogens (tertiary/aromatic N) is 1. The van der Waals surface area contributed by atoms with Gasteiger partial charge in [0.1, 0.15) is 16.4 Å². The van der Waals surface area contributed by atoms with Crippen molar-refractivity contribution in [3.05, 3.63) is 94.5 Å². The molecule has 0 bridgehead atoms. The molecular weight excluding hydrogens is 432 g/mol. The summed E-state index contributed by atoms with van der Waals surface area (Å²) in [4.78, 5) is 29.4. The lowest BCUT2D eigenvalue weighted by Gasteiger charge is -2.16. The fraction of sp³-hybridized carbons (Fsp3) is 0.185. The fourth-order valence-electron chi connectivity index (χ4n) is 3.50. The highest BCUT2D eigenvalue weighted by Crippen LogP contribution is 2.38. The molecule has 1 aliphatic rings. The zero-order valence-electron chi connectivity index (χ0n) is 19.1. The molecule has 1 heterocycles. The summed E-state index contributed by atoms with van der Waals surface area (Å²) in [6, 6.07) is 22.7. The second-order valence-electron chi connectivity index (χ2n) is 8.16. The molecule has 5 nitrogen and oxygen atoms in total. The van der Waals surface area contributed by atoms with Gasteiger partial charge in [-0.3, -0.25) is 9.59 Å². The van der Waals surface area contributed by atoms with Gasteiger partial charge in [-0.2, -0.15) is 0 Å². The lowest BCUT2D eigenvalue weighted by Crippen LogP contribution is -2.32. The number of benzene rings is 3. The first-order valence-electron chi connectivity index (χ1n) is 10.8. The number of rotatable bonds is 7. The van der Waals surface area contributed by atoms with Gasteiger partial charge in [0.2, 0.25) is 0 Å². The number of anilines is 2. The van der Waals surface area contributed by atoms with Crippen LogP contribution in [-0.2, 0) is 9.59 Å². The third-order valence-electron chi connectivity index (χ3n) is 5.46. The molecule has 3 aromatic carbocycles. The number of methoxy groups -OCH3 is 1. The fourth-order valence-corrected chi connectivity index (χ4v) is 4.43. The highest BCUT2D eigenvalue weighted by Gasteiger charge is 2.40. The van der Waals surface area contributed by atoms with Gasteiger partial charge in [-0.1, -0.05) is 55.4 Å². The van der Waals surface area contributed by atoms with Crippen LogP contribution in [0.25, 0.3) is 0 Å². The van der Waals surface area contributed by atoms with Gasteiger partial charge in [0.25, 0.3) is 11.8 Å². The molecule has 1 aliphatic heterocycles. The summed E-state index contributed by atoms with van der Waals surface area (Å²) in [6.07, 6.45) is 0. The minimum Gasteiger partial charge on any atom is -0.497 e. The molecule has 0 saturated carbocycles. The molecule has 0 atom stereocenters. The van der Waals surface area contributed by atoms with Gasteiger partial charge in [-0.05, 0) is 66.9 Å². The number of nitrogens with one attached hydrogen (secondary N) is 1. The van der Waals surface area contributed by atoms with Crippen LogP contribution in [0, 0.1) is 6.92 Å². The average molecular weight is 459 g/mol. The Balaban J connectivity index is 1.70. The Morgan fingerprint density at radius 2 is 1.48 bits per heavy atom. The van der Waals surface area contributed by atoms with E-state index < -0.39 is 0 Å². The minimum atomic E-state index is -0.382. The van der Waals surface area contributed by atoms with Crippen LogP contribution in [0.5, 0.6) is 5.75 Å². The highest BCUT2D eigenvalue weighted by atomic mass is 32.2. The van der Waals surface area contributed by atoms with E-state index in [0.717, 1.165) is 16.1 Å². The van der Waals surface area contributed by atoms with E-state index in [0.29, 0.717) is 22.3 Å². The summed E-state index contributed by atoms with van der Waals surface area (Å²) in [5, 5.41) is 3.21. The van der Waals surface area contributed by atoms with E-state index in [1.807, 2.05) is 55.5 Å². The van der Waals surface area contributed by atoms with Crippen molar-refractivity contribution in [2.24, 2.45) is 0 Å². The van der Waals surface area contributed by atoms with Crippen LogP contribution in [-0.4, -0.2) is 18.9 Å². The number of ether oxygens (including phenoxy) is 1. The summed E-state index contributed by atoms with van der Waals surface area (Å²) >= 11 is 1.29. The SMILES string of the molecule is COc1ccc(N2C(=O)C(Nc3ccc(C(C)C)cc3)=C(Sc3ccc(C)cc3)C2=O)cc1. The first kappa shape index (κ1) is 22.7. The van der Waals surface area contributed by atoms with Gasteiger partial charge in [0.05, 0.1) is 12.8 Å². The van der Waals surface area contributed by atoms with Crippen LogP contribution in [0.3, 0.4) is 0 Å². The summed E-state index contributed by atoms with van der Waals surface area (Å²) in [5.41, 5.74) is 3.87.